The smallest absolute Gasteiger partial charge is 0.318 e. The summed E-state index contributed by atoms with van der Waals surface area (Å²) in [5.41, 5.74) is 9.12. The van der Waals surface area contributed by atoms with Crippen molar-refractivity contribution in [2.75, 3.05) is 18.8 Å². The molecule has 3 N–H and O–H groups in total. The van der Waals surface area contributed by atoms with E-state index in [0.29, 0.717) is 24.5 Å². The Balaban J connectivity index is 0.00000342. The van der Waals surface area contributed by atoms with E-state index in [9.17, 15) is 9.59 Å². The highest BCUT2D eigenvalue weighted by Crippen LogP contribution is 2.35. The van der Waals surface area contributed by atoms with Crippen molar-refractivity contribution < 1.29 is 9.59 Å². The molecule has 2 heterocycles. The quantitative estimate of drug-likeness (QED) is 0.427. The summed E-state index contributed by atoms with van der Waals surface area (Å²) in [4.78, 5) is 29.6. The highest BCUT2D eigenvalue weighted by molar-refractivity contribution is 9.10. The average molecular weight is 563 g/mol. The zero-order valence-corrected chi connectivity index (χ0v) is 21.8. The fourth-order valence-electron chi connectivity index (χ4n) is 4.20. The molecule has 11 heteroatoms. The summed E-state index contributed by atoms with van der Waals surface area (Å²) in [6.45, 7) is 1.22. The number of amides is 3. The van der Waals surface area contributed by atoms with Gasteiger partial charge in [-0.3, -0.25) is 9.48 Å². The average Bonchev–Trinajstić information content (AvgIpc) is 3.47. The van der Waals surface area contributed by atoms with Gasteiger partial charge in [0, 0.05) is 36.5 Å². The van der Waals surface area contributed by atoms with Crippen LogP contribution in [-0.4, -0.2) is 49.8 Å². The summed E-state index contributed by atoms with van der Waals surface area (Å²) in [6.07, 6.45) is 3.60. The van der Waals surface area contributed by atoms with Crippen molar-refractivity contribution in [3.05, 3.63) is 76.0 Å². The van der Waals surface area contributed by atoms with E-state index >= 15 is 0 Å². The van der Waals surface area contributed by atoms with Gasteiger partial charge in [-0.05, 0) is 42.2 Å². The van der Waals surface area contributed by atoms with Gasteiger partial charge in [-0.1, -0.05) is 51.5 Å². The fourth-order valence-corrected chi connectivity index (χ4v) is 4.75. The van der Waals surface area contributed by atoms with Crippen molar-refractivity contribution in [2.45, 2.75) is 32.0 Å². The number of carbonyl (C=O) groups excluding carboxylic acids is 2. The Bertz CT molecular complexity index is 1150. The lowest BCUT2D eigenvalue weighted by Crippen LogP contribution is -2.45. The van der Waals surface area contributed by atoms with Crippen LogP contribution in [-0.2, 0) is 24.9 Å². The molecule has 1 aliphatic rings. The van der Waals surface area contributed by atoms with Crippen LogP contribution >= 0.6 is 28.3 Å². The molecule has 0 saturated carbocycles. The van der Waals surface area contributed by atoms with Gasteiger partial charge in [0.1, 0.15) is 5.69 Å². The summed E-state index contributed by atoms with van der Waals surface area (Å²) < 4.78 is 2.58. The van der Waals surface area contributed by atoms with Crippen LogP contribution in [0.15, 0.2) is 59.2 Å². The zero-order chi connectivity index (χ0) is 24.1. The summed E-state index contributed by atoms with van der Waals surface area (Å²) in [5, 5.41) is 10.9. The lowest BCUT2D eigenvalue weighted by Gasteiger charge is -2.27. The third-order valence-electron chi connectivity index (χ3n) is 5.87. The van der Waals surface area contributed by atoms with Crippen molar-refractivity contribution in [3.63, 3.8) is 0 Å². The van der Waals surface area contributed by atoms with Crippen LogP contribution in [0.3, 0.4) is 0 Å². The van der Waals surface area contributed by atoms with Gasteiger partial charge in [0.05, 0.1) is 19.1 Å². The number of anilines is 1. The van der Waals surface area contributed by atoms with E-state index < -0.39 is 0 Å². The Kier molecular flexibility index (Phi) is 9.11. The molecule has 0 bridgehead atoms. The zero-order valence-electron chi connectivity index (χ0n) is 19.4. The normalized spacial score (nSPS) is 14.9. The summed E-state index contributed by atoms with van der Waals surface area (Å²) in [7, 11) is 1.77. The number of nitrogens with one attached hydrogen (secondary N) is 1. The molecule has 186 valence electrons. The Morgan fingerprint density at radius 2 is 1.91 bits per heavy atom. The minimum Gasteiger partial charge on any atom is -0.399 e. The van der Waals surface area contributed by atoms with E-state index in [1.54, 1.807) is 35.0 Å². The third-order valence-corrected chi connectivity index (χ3v) is 6.59. The Labute approximate surface area is 219 Å². The molecule has 2 aromatic carbocycles. The second-order valence-electron chi connectivity index (χ2n) is 8.41. The van der Waals surface area contributed by atoms with Gasteiger partial charge in [0.2, 0.25) is 5.91 Å². The van der Waals surface area contributed by atoms with Gasteiger partial charge in [0.25, 0.3) is 0 Å². The Morgan fingerprint density at radius 1 is 1.17 bits per heavy atom. The fraction of sp³-hybridized carbons (Fsp3) is 0.333. The highest BCUT2D eigenvalue weighted by Gasteiger charge is 2.31. The topological polar surface area (TPSA) is 109 Å². The lowest BCUT2D eigenvalue weighted by molar-refractivity contribution is -0.131. The van der Waals surface area contributed by atoms with E-state index in [4.69, 9.17) is 5.73 Å². The van der Waals surface area contributed by atoms with Crippen molar-refractivity contribution in [1.29, 1.82) is 0 Å². The number of benzene rings is 2. The molecule has 1 saturated heterocycles. The molecule has 3 aromatic rings. The maximum Gasteiger partial charge on any atom is 0.318 e. The molecule has 0 radical (unpaired) electrons. The van der Waals surface area contributed by atoms with Crippen molar-refractivity contribution in [1.82, 2.24) is 30.1 Å². The van der Waals surface area contributed by atoms with Gasteiger partial charge in [-0.2, -0.15) is 0 Å². The molecule has 0 aliphatic carbocycles. The van der Waals surface area contributed by atoms with E-state index in [1.165, 1.54) is 0 Å². The molecule has 4 rings (SSSR count). The number of aryl methyl sites for hydroxylation is 1. The van der Waals surface area contributed by atoms with Gasteiger partial charge >= 0.3 is 6.03 Å². The number of nitrogens with two attached hydrogens (primary N) is 1. The first-order valence-corrected chi connectivity index (χ1v) is 12.0. The Morgan fingerprint density at radius 3 is 2.60 bits per heavy atom. The van der Waals surface area contributed by atoms with E-state index in [2.05, 4.69) is 31.6 Å². The molecule has 9 nitrogen and oxygen atoms in total. The molecule has 1 aromatic heterocycles. The number of likely N-dealkylation sites (tertiary alicyclic amines) is 1. The summed E-state index contributed by atoms with van der Waals surface area (Å²) in [5.74, 6) is -0.0986. The lowest BCUT2D eigenvalue weighted by atomic mass is 10.0. The summed E-state index contributed by atoms with van der Waals surface area (Å²) in [6, 6.07) is 15.0. The standard InChI is InChI=1S/C24H28BrN7O2.ClH/c1-30-15-19(28-29-30)16-31(14-17-8-10-18(26)11-9-17)24(34)27-13-23(33)32-12-4-7-22(32)20-5-2-3-6-21(20)25;/h2-3,5-6,8-11,15,22H,4,7,12-14,16,26H2,1H3,(H,27,34);1H/t22-;/m1./s1. The monoisotopic (exact) mass is 561 g/mol. The second-order valence-corrected chi connectivity index (χ2v) is 9.26. The molecule has 35 heavy (non-hydrogen) atoms. The van der Waals surface area contributed by atoms with Crippen LogP contribution in [0.2, 0.25) is 0 Å². The minimum absolute atomic E-state index is 0. The first-order valence-electron chi connectivity index (χ1n) is 11.2. The van der Waals surface area contributed by atoms with Crippen molar-refractivity contribution in [3.8, 4) is 0 Å². The number of hydrogen-bond acceptors (Lipinski definition) is 5. The number of halogens is 2. The molecular weight excluding hydrogens is 534 g/mol. The van der Waals surface area contributed by atoms with Gasteiger partial charge in [-0.25, -0.2) is 4.79 Å². The first-order chi connectivity index (χ1) is 16.4. The van der Waals surface area contributed by atoms with Gasteiger partial charge in [0.15, 0.2) is 0 Å². The van der Waals surface area contributed by atoms with E-state index in [1.807, 2.05) is 41.3 Å². The number of urea groups is 1. The Hall–Kier alpha value is -3.11. The van der Waals surface area contributed by atoms with Crippen LogP contribution < -0.4 is 11.1 Å². The number of nitrogens with zero attached hydrogens (tertiary/aromatic N) is 5. The third kappa shape index (κ3) is 6.73. The van der Waals surface area contributed by atoms with Gasteiger partial charge in [-0.15, -0.1) is 17.5 Å². The SMILES string of the molecule is Cl.Cn1cc(CN(Cc2ccc(N)cc2)C(=O)NCC(=O)N2CCC[C@@H]2c2ccccc2Br)nn1. The molecular formula is C24H29BrClN7O2. The maximum absolute atomic E-state index is 13.1. The predicted molar refractivity (Wildman–Crippen MR) is 140 cm³/mol. The van der Waals surface area contributed by atoms with Crippen molar-refractivity contribution >= 4 is 46.0 Å². The summed E-state index contributed by atoms with van der Waals surface area (Å²) >= 11 is 3.60. The molecule has 0 unspecified atom stereocenters. The molecule has 3 amide bonds. The van der Waals surface area contributed by atoms with Crippen molar-refractivity contribution in [2.24, 2.45) is 7.05 Å². The first kappa shape index (κ1) is 26.5. The molecule has 1 atom stereocenters. The predicted octanol–water partition coefficient (Wildman–Crippen LogP) is 3.66. The largest absolute Gasteiger partial charge is 0.399 e. The number of nitrogen functional groups attached to an aromatic ring is 1. The van der Waals surface area contributed by atoms with Crippen LogP contribution in [0.5, 0.6) is 0 Å². The molecule has 1 fully saturated rings. The number of carbonyl (C=O) groups is 2. The number of hydrogen-bond donors (Lipinski definition) is 2. The van der Waals surface area contributed by atoms with Crippen LogP contribution in [0.25, 0.3) is 0 Å². The molecule has 0 spiro atoms. The van der Waals surface area contributed by atoms with Gasteiger partial charge < -0.3 is 20.9 Å². The minimum atomic E-state index is -0.340. The van der Waals surface area contributed by atoms with Crippen LogP contribution in [0, 0.1) is 0 Å². The van der Waals surface area contributed by atoms with E-state index in [-0.39, 0.29) is 43.5 Å². The molecule has 1 aliphatic heterocycles. The maximum atomic E-state index is 13.1. The number of rotatable bonds is 7. The van der Waals surface area contributed by atoms with Crippen LogP contribution in [0.1, 0.15) is 35.7 Å². The van der Waals surface area contributed by atoms with E-state index in [0.717, 1.165) is 28.4 Å². The highest BCUT2D eigenvalue weighted by atomic mass is 79.9. The second kappa shape index (κ2) is 12.0. The number of aromatic nitrogens is 3. The van der Waals surface area contributed by atoms with Crippen LogP contribution in [0.4, 0.5) is 10.5 Å².